The van der Waals surface area contributed by atoms with Crippen LogP contribution in [0.5, 0.6) is 0 Å². The summed E-state index contributed by atoms with van der Waals surface area (Å²) in [6, 6.07) is 0. The molecule has 4 nitrogen and oxygen atoms in total. The molecular formula is C16H29IN2O2. The third-order valence-corrected chi connectivity index (χ3v) is 5.72. The quantitative estimate of drug-likeness (QED) is 0.337. The molecule has 1 saturated carbocycles. The number of nitrogens with zero attached hydrogens (tertiary/aromatic N) is 2. The SMILES string of the molecule is CC1(C)[C@@H]2CC[C@@]1(C)C(=O)N(CCC[N+](C)(C)C)C2=O.[I-]. The fraction of sp³-hybridized carbons (Fsp3) is 0.875. The van der Waals surface area contributed by atoms with E-state index < -0.39 is 0 Å². The molecule has 0 aromatic heterocycles. The second-order valence-electron chi connectivity index (χ2n) is 8.31. The molecule has 2 bridgehead atoms. The van der Waals surface area contributed by atoms with Gasteiger partial charge in [-0.3, -0.25) is 14.5 Å². The predicted octanol–water partition coefficient (Wildman–Crippen LogP) is -1.10. The second-order valence-corrected chi connectivity index (χ2v) is 8.31. The van der Waals surface area contributed by atoms with Gasteiger partial charge in [0.1, 0.15) is 0 Å². The van der Waals surface area contributed by atoms with Crippen LogP contribution in [0.4, 0.5) is 0 Å². The number of amides is 2. The normalized spacial score (nSPS) is 31.3. The molecule has 2 fully saturated rings. The summed E-state index contributed by atoms with van der Waals surface area (Å²) < 4.78 is 0.864. The van der Waals surface area contributed by atoms with Gasteiger partial charge in [0.25, 0.3) is 0 Å². The molecule has 0 radical (unpaired) electrons. The van der Waals surface area contributed by atoms with E-state index in [2.05, 4.69) is 41.9 Å². The minimum absolute atomic E-state index is 0. The van der Waals surface area contributed by atoms with E-state index >= 15 is 0 Å². The van der Waals surface area contributed by atoms with Crippen LogP contribution < -0.4 is 24.0 Å². The van der Waals surface area contributed by atoms with Gasteiger partial charge in [0.05, 0.1) is 33.1 Å². The fourth-order valence-corrected chi connectivity index (χ4v) is 3.82. The highest BCUT2D eigenvalue weighted by Crippen LogP contribution is 2.59. The van der Waals surface area contributed by atoms with Crippen molar-refractivity contribution in [2.24, 2.45) is 16.7 Å². The van der Waals surface area contributed by atoms with E-state index in [9.17, 15) is 9.59 Å². The molecular weight excluding hydrogens is 379 g/mol. The zero-order valence-electron chi connectivity index (χ0n) is 14.2. The Labute approximate surface area is 145 Å². The van der Waals surface area contributed by atoms with E-state index in [0.29, 0.717) is 6.54 Å². The lowest BCUT2D eigenvalue weighted by Crippen LogP contribution is -3.00. The average Bonchev–Trinajstić information content (AvgIpc) is 2.48. The lowest BCUT2D eigenvalue weighted by Gasteiger charge is -2.47. The molecule has 0 N–H and O–H groups in total. The number of quaternary nitrogens is 1. The molecule has 2 aliphatic rings. The topological polar surface area (TPSA) is 37.4 Å². The number of rotatable bonds is 4. The standard InChI is InChI=1S/C16H29N2O2.HI/c1-15(2)12-8-9-16(15,3)14(20)17(13(12)19)10-7-11-18(4,5)6;/h12H,7-11H2,1-6H3;1H/q+1;/p-1/t12-,16+;/m1./s1. The van der Waals surface area contributed by atoms with Gasteiger partial charge in [0, 0.05) is 18.9 Å². The van der Waals surface area contributed by atoms with Crippen LogP contribution in [0.15, 0.2) is 0 Å². The van der Waals surface area contributed by atoms with Crippen molar-refractivity contribution >= 4 is 11.8 Å². The van der Waals surface area contributed by atoms with Gasteiger partial charge < -0.3 is 28.5 Å². The Kier molecular flexibility index (Phi) is 5.21. The third kappa shape index (κ3) is 3.00. The molecule has 122 valence electrons. The van der Waals surface area contributed by atoms with E-state index in [1.807, 2.05) is 0 Å². The molecule has 2 atom stereocenters. The Morgan fingerprint density at radius 3 is 2.29 bits per heavy atom. The van der Waals surface area contributed by atoms with Crippen molar-refractivity contribution in [2.45, 2.75) is 40.0 Å². The number of hydrogen-bond donors (Lipinski definition) is 0. The summed E-state index contributed by atoms with van der Waals surface area (Å²) >= 11 is 0. The van der Waals surface area contributed by atoms with Gasteiger partial charge in [0.2, 0.25) is 11.8 Å². The van der Waals surface area contributed by atoms with Crippen LogP contribution in [0.25, 0.3) is 0 Å². The number of hydrogen-bond acceptors (Lipinski definition) is 2. The fourth-order valence-electron chi connectivity index (χ4n) is 3.82. The summed E-state index contributed by atoms with van der Waals surface area (Å²) in [6.07, 6.45) is 2.59. The Morgan fingerprint density at radius 2 is 1.76 bits per heavy atom. The first-order valence-corrected chi connectivity index (χ1v) is 7.67. The smallest absolute Gasteiger partial charge is 0.235 e. The van der Waals surface area contributed by atoms with Crippen molar-refractivity contribution in [1.29, 1.82) is 0 Å². The van der Waals surface area contributed by atoms with Gasteiger partial charge in [-0.2, -0.15) is 0 Å². The van der Waals surface area contributed by atoms with Gasteiger partial charge in [-0.25, -0.2) is 0 Å². The highest BCUT2D eigenvalue weighted by molar-refractivity contribution is 6.03. The molecule has 1 saturated heterocycles. The molecule has 1 aliphatic carbocycles. The zero-order valence-corrected chi connectivity index (χ0v) is 16.4. The summed E-state index contributed by atoms with van der Waals surface area (Å²) in [5, 5.41) is 0. The maximum absolute atomic E-state index is 12.8. The number of fused-ring (bicyclic) bond motifs is 2. The number of carbonyl (C=O) groups is 2. The molecule has 1 heterocycles. The Morgan fingerprint density at radius 1 is 1.19 bits per heavy atom. The molecule has 0 unspecified atom stereocenters. The maximum atomic E-state index is 12.8. The highest BCUT2D eigenvalue weighted by atomic mass is 127. The predicted molar refractivity (Wildman–Crippen MR) is 78.8 cm³/mol. The number of piperidine rings is 1. The summed E-state index contributed by atoms with van der Waals surface area (Å²) in [5.41, 5.74) is -0.556. The number of likely N-dealkylation sites (tertiary alicyclic amines) is 1. The molecule has 0 spiro atoms. The zero-order chi connectivity index (χ0) is 15.3. The van der Waals surface area contributed by atoms with E-state index in [1.165, 1.54) is 0 Å². The van der Waals surface area contributed by atoms with E-state index in [0.717, 1.165) is 30.3 Å². The van der Waals surface area contributed by atoms with Crippen molar-refractivity contribution in [2.75, 3.05) is 34.2 Å². The average molecular weight is 408 g/mol. The molecule has 2 rings (SSSR count). The van der Waals surface area contributed by atoms with Crippen molar-refractivity contribution in [3.63, 3.8) is 0 Å². The first kappa shape index (κ1) is 18.9. The van der Waals surface area contributed by atoms with Crippen LogP contribution in [0.3, 0.4) is 0 Å². The van der Waals surface area contributed by atoms with Crippen LogP contribution in [0.1, 0.15) is 40.0 Å². The monoisotopic (exact) mass is 408 g/mol. The molecule has 0 aromatic rings. The van der Waals surface area contributed by atoms with Crippen LogP contribution in [-0.4, -0.2) is 55.4 Å². The van der Waals surface area contributed by atoms with Crippen molar-refractivity contribution in [3.05, 3.63) is 0 Å². The first-order chi connectivity index (χ1) is 9.01. The lowest BCUT2D eigenvalue weighted by molar-refractivity contribution is -0.870. The van der Waals surface area contributed by atoms with Crippen molar-refractivity contribution in [3.8, 4) is 0 Å². The van der Waals surface area contributed by atoms with Crippen LogP contribution in [0, 0.1) is 16.7 Å². The number of imide groups is 1. The van der Waals surface area contributed by atoms with Crippen LogP contribution >= 0.6 is 0 Å². The number of halogens is 1. The van der Waals surface area contributed by atoms with Gasteiger partial charge in [-0.15, -0.1) is 0 Å². The van der Waals surface area contributed by atoms with Gasteiger partial charge in [-0.05, 0) is 18.3 Å². The van der Waals surface area contributed by atoms with E-state index in [-0.39, 0.29) is 52.5 Å². The minimum Gasteiger partial charge on any atom is -1.00 e. The van der Waals surface area contributed by atoms with Gasteiger partial charge in [0.15, 0.2) is 0 Å². The van der Waals surface area contributed by atoms with Crippen molar-refractivity contribution < 1.29 is 38.0 Å². The first-order valence-electron chi connectivity index (χ1n) is 7.67. The van der Waals surface area contributed by atoms with Gasteiger partial charge in [-0.1, -0.05) is 20.8 Å². The molecule has 2 amide bonds. The third-order valence-electron chi connectivity index (χ3n) is 5.72. The Balaban J connectivity index is 0.00000220. The van der Waals surface area contributed by atoms with Crippen LogP contribution in [-0.2, 0) is 9.59 Å². The summed E-state index contributed by atoms with van der Waals surface area (Å²) in [6.45, 7) is 7.78. The molecule has 21 heavy (non-hydrogen) atoms. The maximum Gasteiger partial charge on any atom is 0.235 e. The molecule has 1 aliphatic heterocycles. The molecule has 5 heteroatoms. The van der Waals surface area contributed by atoms with E-state index in [1.54, 1.807) is 4.90 Å². The second kappa shape index (κ2) is 5.80. The van der Waals surface area contributed by atoms with Gasteiger partial charge >= 0.3 is 0 Å². The summed E-state index contributed by atoms with van der Waals surface area (Å²) in [5.74, 6) is 0.147. The summed E-state index contributed by atoms with van der Waals surface area (Å²) in [4.78, 5) is 26.9. The number of carbonyl (C=O) groups excluding carboxylic acids is 2. The lowest BCUT2D eigenvalue weighted by atomic mass is 9.62. The van der Waals surface area contributed by atoms with Crippen molar-refractivity contribution in [1.82, 2.24) is 4.90 Å². The largest absolute Gasteiger partial charge is 1.00 e. The molecule has 0 aromatic carbocycles. The van der Waals surface area contributed by atoms with Crippen LogP contribution in [0.2, 0.25) is 0 Å². The Bertz CT molecular complexity index is 442. The minimum atomic E-state index is -0.359. The summed E-state index contributed by atoms with van der Waals surface area (Å²) in [7, 11) is 6.40. The van der Waals surface area contributed by atoms with E-state index in [4.69, 9.17) is 0 Å². The highest BCUT2D eigenvalue weighted by Gasteiger charge is 2.64. The Hall–Kier alpha value is -0.170.